The number of benzene rings is 3. The van der Waals surface area contributed by atoms with Gasteiger partial charge in [-0.2, -0.15) is 0 Å². The van der Waals surface area contributed by atoms with Gasteiger partial charge in [-0.15, -0.1) is 0 Å². The van der Waals surface area contributed by atoms with Crippen LogP contribution in [0.5, 0.6) is 5.75 Å². The van der Waals surface area contributed by atoms with Gasteiger partial charge in [0.15, 0.2) is 6.61 Å². The van der Waals surface area contributed by atoms with Crippen molar-refractivity contribution in [2.75, 3.05) is 25.6 Å². The third-order valence-corrected chi connectivity index (χ3v) is 4.60. The summed E-state index contributed by atoms with van der Waals surface area (Å²) in [6.45, 7) is 2.36. The van der Waals surface area contributed by atoms with Crippen molar-refractivity contribution < 1.29 is 23.8 Å². The van der Waals surface area contributed by atoms with E-state index >= 15 is 0 Å². The summed E-state index contributed by atoms with van der Waals surface area (Å²) in [5.74, 6) is -0.382. The Morgan fingerprint density at radius 3 is 2.42 bits per heavy atom. The highest BCUT2D eigenvalue weighted by molar-refractivity contribution is 5.98. The lowest BCUT2D eigenvalue weighted by atomic mass is 10.0. The van der Waals surface area contributed by atoms with Gasteiger partial charge in [0.1, 0.15) is 5.75 Å². The summed E-state index contributed by atoms with van der Waals surface area (Å²) in [7, 11) is 1.56. The Kier molecular flexibility index (Phi) is 7.79. The van der Waals surface area contributed by atoms with Gasteiger partial charge in [0.25, 0.3) is 5.91 Å². The molecule has 0 aliphatic heterocycles. The lowest BCUT2D eigenvalue weighted by Crippen LogP contribution is -2.21. The number of amides is 1. The molecule has 0 aliphatic rings. The summed E-state index contributed by atoms with van der Waals surface area (Å²) in [4.78, 5) is 24.8. The number of methoxy groups -OCH3 is 1. The lowest BCUT2D eigenvalue weighted by Gasteiger charge is -2.12. The van der Waals surface area contributed by atoms with E-state index in [9.17, 15) is 9.59 Å². The van der Waals surface area contributed by atoms with Crippen LogP contribution in [0.3, 0.4) is 0 Å². The zero-order valence-electron chi connectivity index (χ0n) is 17.6. The topological polar surface area (TPSA) is 73.9 Å². The minimum absolute atomic E-state index is 0.317. The number of anilines is 1. The molecular weight excluding hydrogens is 394 g/mol. The van der Waals surface area contributed by atoms with Crippen molar-refractivity contribution in [3.05, 3.63) is 83.9 Å². The van der Waals surface area contributed by atoms with Gasteiger partial charge in [-0.05, 0) is 36.8 Å². The summed E-state index contributed by atoms with van der Waals surface area (Å²) < 4.78 is 15.9. The number of hydrogen-bond donors (Lipinski definition) is 1. The molecule has 160 valence electrons. The highest BCUT2D eigenvalue weighted by atomic mass is 16.5. The first-order valence-electron chi connectivity index (χ1n) is 9.98. The van der Waals surface area contributed by atoms with E-state index in [2.05, 4.69) is 5.32 Å². The molecule has 0 aliphatic carbocycles. The predicted molar refractivity (Wildman–Crippen MR) is 119 cm³/mol. The summed E-state index contributed by atoms with van der Waals surface area (Å²) >= 11 is 0. The van der Waals surface area contributed by atoms with Gasteiger partial charge in [-0.3, -0.25) is 4.79 Å². The number of rotatable bonds is 9. The molecule has 3 rings (SSSR count). The average Bonchev–Trinajstić information content (AvgIpc) is 2.82. The van der Waals surface area contributed by atoms with E-state index in [1.54, 1.807) is 25.3 Å². The number of carbonyl (C=O) groups is 2. The zero-order valence-corrected chi connectivity index (χ0v) is 17.6. The molecule has 3 aromatic rings. The highest BCUT2D eigenvalue weighted by Crippen LogP contribution is 2.27. The van der Waals surface area contributed by atoms with Crippen LogP contribution in [-0.4, -0.2) is 32.2 Å². The fourth-order valence-electron chi connectivity index (χ4n) is 3.09. The minimum atomic E-state index is -0.591. The average molecular weight is 419 g/mol. The molecule has 3 aromatic carbocycles. The van der Waals surface area contributed by atoms with Crippen LogP contribution in [0.1, 0.15) is 22.8 Å². The first-order valence-corrected chi connectivity index (χ1v) is 9.98. The van der Waals surface area contributed by atoms with Crippen molar-refractivity contribution in [1.82, 2.24) is 0 Å². The Bertz CT molecular complexity index is 1030. The van der Waals surface area contributed by atoms with Crippen molar-refractivity contribution in [2.45, 2.75) is 13.5 Å². The van der Waals surface area contributed by atoms with E-state index < -0.39 is 18.5 Å². The molecule has 6 nitrogen and oxygen atoms in total. The molecule has 0 saturated carbocycles. The summed E-state index contributed by atoms with van der Waals surface area (Å²) in [5.41, 5.74) is 3.58. The monoisotopic (exact) mass is 419 g/mol. The molecule has 0 saturated heterocycles. The van der Waals surface area contributed by atoms with E-state index in [0.29, 0.717) is 30.2 Å². The molecule has 0 aromatic heterocycles. The molecule has 1 N–H and O–H groups in total. The second-order valence-corrected chi connectivity index (χ2v) is 6.70. The number of hydrogen-bond acceptors (Lipinski definition) is 5. The second kappa shape index (κ2) is 10.9. The van der Waals surface area contributed by atoms with Crippen LogP contribution in [-0.2, 0) is 20.9 Å². The van der Waals surface area contributed by atoms with E-state index in [0.717, 1.165) is 16.7 Å². The number of carbonyl (C=O) groups excluding carboxylic acids is 2. The molecule has 0 atom stereocenters. The Balaban J connectivity index is 1.64. The normalized spacial score (nSPS) is 10.4. The maximum atomic E-state index is 12.4. The zero-order chi connectivity index (χ0) is 22.1. The molecule has 1 amide bonds. The van der Waals surface area contributed by atoms with Gasteiger partial charge in [0.2, 0.25) is 0 Å². The number of esters is 1. The second-order valence-electron chi connectivity index (χ2n) is 6.70. The third kappa shape index (κ3) is 5.93. The van der Waals surface area contributed by atoms with Crippen LogP contribution in [0, 0.1) is 0 Å². The van der Waals surface area contributed by atoms with E-state index in [1.165, 1.54) is 0 Å². The summed E-state index contributed by atoms with van der Waals surface area (Å²) in [6.07, 6.45) is 0. The Hall–Kier alpha value is -3.64. The van der Waals surface area contributed by atoms with Crippen LogP contribution in [0.15, 0.2) is 72.8 Å². The maximum absolute atomic E-state index is 12.4. The van der Waals surface area contributed by atoms with Crippen molar-refractivity contribution in [1.29, 1.82) is 0 Å². The Morgan fingerprint density at radius 1 is 0.935 bits per heavy atom. The van der Waals surface area contributed by atoms with Gasteiger partial charge in [0.05, 0.1) is 19.3 Å². The third-order valence-electron chi connectivity index (χ3n) is 4.60. The van der Waals surface area contributed by atoms with Gasteiger partial charge in [-0.1, -0.05) is 48.5 Å². The minimum Gasteiger partial charge on any atom is -0.496 e. The molecule has 0 radical (unpaired) electrons. The molecule has 6 heteroatoms. The van der Waals surface area contributed by atoms with Gasteiger partial charge < -0.3 is 19.5 Å². The van der Waals surface area contributed by atoms with Crippen LogP contribution in [0.4, 0.5) is 5.69 Å². The maximum Gasteiger partial charge on any atom is 0.338 e. The fraction of sp³-hybridized carbons (Fsp3) is 0.200. The first-order chi connectivity index (χ1) is 15.1. The van der Waals surface area contributed by atoms with E-state index in [1.807, 2.05) is 61.5 Å². The van der Waals surface area contributed by atoms with Crippen molar-refractivity contribution in [2.24, 2.45) is 0 Å². The highest BCUT2D eigenvalue weighted by Gasteiger charge is 2.14. The molecule has 0 spiro atoms. The smallest absolute Gasteiger partial charge is 0.338 e. The Labute approximate surface area is 181 Å². The SMILES string of the molecule is CCOCc1cc(C(=O)OCC(=O)Nc2ccccc2-c2ccccc2)ccc1OC. The van der Waals surface area contributed by atoms with Gasteiger partial charge in [0, 0.05) is 23.4 Å². The molecule has 31 heavy (non-hydrogen) atoms. The number of ether oxygens (including phenoxy) is 3. The molecule has 0 fully saturated rings. The van der Waals surface area contributed by atoms with Crippen LogP contribution in [0.25, 0.3) is 11.1 Å². The van der Waals surface area contributed by atoms with Crippen molar-refractivity contribution in [3.63, 3.8) is 0 Å². The Morgan fingerprint density at radius 2 is 1.68 bits per heavy atom. The largest absolute Gasteiger partial charge is 0.496 e. The van der Waals surface area contributed by atoms with Gasteiger partial charge >= 0.3 is 5.97 Å². The number of para-hydroxylation sites is 1. The van der Waals surface area contributed by atoms with E-state index in [-0.39, 0.29) is 0 Å². The molecule has 0 bridgehead atoms. The molecule has 0 unspecified atom stereocenters. The summed E-state index contributed by atoms with van der Waals surface area (Å²) in [5, 5.41) is 2.82. The fourth-order valence-corrected chi connectivity index (χ4v) is 3.09. The van der Waals surface area contributed by atoms with Crippen molar-refractivity contribution in [3.8, 4) is 16.9 Å². The van der Waals surface area contributed by atoms with Gasteiger partial charge in [-0.25, -0.2) is 4.79 Å². The molecular formula is C25H25NO5. The lowest BCUT2D eigenvalue weighted by molar-refractivity contribution is -0.119. The standard InChI is InChI=1S/C25H25NO5/c1-3-30-16-20-15-19(13-14-23(20)29-2)25(28)31-17-24(27)26-22-12-8-7-11-21(22)18-9-5-4-6-10-18/h4-15H,3,16-17H2,1-2H3,(H,26,27). The van der Waals surface area contributed by atoms with Crippen LogP contribution in [0.2, 0.25) is 0 Å². The first kappa shape index (κ1) is 22.1. The summed E-state index contributed by atoms with van der Waals surface area (Å²) in [6, 6.07) is 22.1. The van der Waals surface area contributed by atoms with Crippen LogP contribution >= 0.6 is 0 Å². The molecule has 0 heterocycles. The van der Waals surface area contributed by atoms with E-state index in [4.69, 9.17) is 14.2 Å². The van der Waals surface area contributed by atoms with Crippen molar-refractivity contribution >= 4 is 17.6 Å². The predicted octanol–water partition coefficient (Wildman–Crippen LogP) is 4.69. The van der Waals surface area contributed by atoms with Crippen LogP contribution < -0.4 is 10.1 Å². The quantitative estimate of drug-likeness (QED) is 0.509. The number of nitrogens with one attached hydrogen (secondary N) is 1.